The minimum Gasteiger partial charge on any atom is -0.490 e. The van der Waals surface area contributed by atoms with Gasteiger partial charge in [0.15, 0.2) is 17.3 Å². The molecule has 2 rings (SSSR count). The average molecular weight is 291 g/mol. The van der Waals surface area contributed by atoms with E-state index in [0.717, 1.165) is 12.0 Å². The predicted octanol–water partition coefficient (Wildman–Crippen LogP) is 3.48. The molecule has 0 atom stereocenters. The molecule has 0 fully saturated rings. The lowest BCUT2D eigenvalue weighted by molar-refractivity contribution is 0.281. The fourth-order valence-electron chi connectivity index (χ4n) is 1.75. The number of anilines is 1. The first-order valence-corrected chi connectivity index (χ1v) is 6.73. The first-order chi connectivity index (χ1) is 10.1. The van der Waals surface area contributed by atoms with Crippen LogP contribution in [-0.4, -0.2) is 11.7 Å². The summed E-state index contributed by atoms with van der Waals surface area (Å²) in [6, 6.07) is 9.53. The van der Waals surface area contributed by atoms with Crippen molar-refractivity contribution in [3.05, 3.63) is 47.8 Å². The van der Waals surface area contributed by atoms with Gasteiger partial charge in [-0.2, -0.15) is 0 Å². The van der Waals surface area contributed by atoms with Crippen LogP contribution in [0.25, 0.3) is 0 Å². The lowest BCUT2D eigenvalue weighted by Gasteiger charge is -2.12. The van der Waals surface area contributed by atoms with E-state index in [4.69, 9.17) is 20.3 Å². The molecule has 0 bridgehead atoms. The molecule has 0 amide bonds. The summed E-state index contributed by atoms with van der Waals surface area (Å²) in [5, 5.41) is 8.99. The van der Waals surface area contributed by atoms with Crippen LogP contribution in [-0.2, 0) is 6.61 Å². The number of rotatable bonds is 6. The molecule has 0 aromatic heterocycles. The number of hydrogen-bond donors (Lipinski definition) is 2. The Morgan fingerprint density at radius 1 is 1.14 bits per heavy atom. The summed E-state index contributed by atoms with van der Waals surface area (Å²) in [5.41, 5.74) is 6.74. The van der Waals surface area contributed by atoms with Crippen molar-refractivity contribution in [2.24, 2.45) is 0 Å². The van der Waals surface area contributed by atoms with Crippen molar-refractivity contribution in [3.8, 4) is 17.2 Å². The standard InChI is InChI=1S/C16H18FNO3/c1-2-7-20-15-9-16(14(18)8-13(15)17)21-12-5-3-11(10-19)4-6-12/h3-6,8-9,19H,2,7,10,18H2,1H3. The summed E-state index contributed by atoms with van der Waals surface area (Å²) >= 11 is 0. The first kappa shape index (κ1) is 15.1. The van der Waals surface area contributed by atoms with E-state index in [0.29, 0.717) is 18.1 Å². The minimum atomic E-state index is -0.510. The molecule has 0 unspecified atom stereocenters. The SMILES string of the molecule is CCCOc1cc(Oc2ccc(CO)cc2)c(N)cc1F. The van der Waals surface area contributed by atoms with Gasteiger partial charge in [-0.15, -0.1) is 0 Å². The molecule has 5 heteroatoms. The normalized spacial score (nSPS) is 10.4. The van der Waals surface area contributed by atoms with E-state index in [-0.39, 0.29) is 18.0 Å². The Bertz CT molecular complexity index is 599. The Morgan fingerprint density at radius 2 is 1.86 bits per heavy atom. The van der Waals surface area contributed by atoms with E-state index in [1.165, 1.54) is 12.1 Å². The Kier molecular flexibility index (Phi) is 5.00. The van der Waals surface area contributed by atoms with E-state index in [2.05, 4.69) is 0 Å². The van der Waals surface area contributed by atoms with Crippen LogP contribution in [0.5, 0.6) is 17.2 Å². The highest BCUT2D eigenvalue weighted by molar-refractivity contribution is 5.57. The molecule has 0 saturated heterocycles. The molecule has 112 valence electrons. The Hall–Kier alpha value is -2.27. The number of benzene rings is 2. The second-order valence-electron chi connectivity index (χ2n) is 4.57. The molecule has 0 aliphatic heterocycles. The van der Waals surface area contributed by atoms with Gasteiger partial charge < -0.3 is 20.3 Å². The Morgan fingerprint density at radius 3 is 2.48 bits per heavy atom. The zero-order chi connectivity index (χ0) is 15.2. The smallest absolute Gasteiger partial charge is 0.167 e. The number of halogens is 1. The first-order valence-electron chi connectivity index (χ1n) is 6.73. The number of nitrogens with two attached hydrogens (primary N) is 1. The summed E-state index contributed by atoms with van der Waals surface area (Å²) in [6.45, 7) is 2.33. The highest BCUT2D eigenvalue weighted by atomic mass is 19.1. The van der Waals surface area contributed by atoms with Gasteiger partial charge in [0.1, 0.15) is 5.75 Å². The van der Waals surface area contributed by atoms with E-state index in [1.54, 1.807) is 24.3 Å². The second kappa shape index (κ2) is 6.95. The molecule has 3 N–H and O–H groups in total. The lowest BCUT2D eigenvalue weighted by Crippen LogP contribution is -2.00. The number of aliphatic hydroxyl groups is 1. The fraction of sp³-hybridized carbons (Fsp3) is 0.250. The summed E-state index contributed by atoms with van der Waals surface area (Å²) in [6.07, 6.45) is 0.780. The highest BCUT2D eigenvalue weighted by Gasteiger charge is 2.11. The maximum Gasteiger partial charge on any atom is 0.167 e. The molecule has 0 spiro atoms. The molecule has 21 heavy (non-hydrogen) atoms. The van der Waals surface area contributed by atoms with Crippen molar-refractivity contribution in [1.82, 2.24) is 0 Å². The van der Waals surface area contributed by atoms with E-state index >= 15 is 0 Å². The van der Waals surface area contributed by atoms with Gasteiger partial charge >= 0.3 is 0 Å². The van der Waals surface area contributed by atoms with Gasteiger partial charge in [0.2, 0.25) is 0 Å². The number of aliphatic hydroxyl groups excluding tert-OH is 1. The predicted molar refractivity (Wildman–Crippen MR) is 79.0 cm³/mol. The van der Waals surface area contributed by atoms with Crippen LogP contribution in [0, 0.1) is 5.82 Å². The molecule has 0 aliphatic rings. The molecule has 0 heterocycles. The van der Waals surface area contributed by atoms with Gasteiger partial charge in [0, 0.05) is 12.1 Å². The Labute approximate surface area is 122 Å². The van der Waals surface area contributed by atoms with Crippen LogP contribution >= 0.6 is 0 Å². The minimum absolute atomic E-state index is 0.0338. The van der Waals surface area contributed by atoms with Crippen molar-refractivity contribution in [3.63, 3.8) is 0 Å². The summed E-state index contributed by atoms with van der Waals surface area (Å²) < 4.78 is 24.6. The van der Waals surface area contributed by atoms with Crippen LogP contribution in [0.3, 0.4) is 0 Å². The zero-order valence-corrected chi connectivity index (χ0v) is 11.8. The van der Waals surface area contributed by atoms with Crippen LogP contribution in [0.1, 0.15) is 18.9 Å². The molecular formula is C16H18FNO3. The molecule has 0 radical (unpaired) electrons. The fourth-order valence-corrected chi connectivity index (χ4v) is 1.75. The number of hydrogen-bond acceptors (Lipinski definition) is 4. The third-order valence-corrected chi connectivity index (χ3v) is 2.86. The van der Waals surface area contributed by atoms with Crippen molar-refractivity contribution < 1.29 is 19.0 Å². The maximum atomic E-state index is 13.7. The monoisotopic (exact) mass is 291 g/mol. The number of ether oxygens (including phenoxy) is 2. The van der Waals surface area contributed by atoms with Gasteiger partial charge in [-0.25, -0.2) is 4.39 Å². The van der Waals surface area contributed by atoms with Gasteiger partial charge in [-0.3, -0.25) is 0 Å². The van der Waals surface area contributed by atoms with Gasteiger partial charge in [0.25, 0.3) is 0 Å². The molecule has 2 aromatic carbocycles. The van der Waals surface area contributed by atoms with E-state index in [1.807, 2.05) is 6.92 Å². The third kappa shape index (κ3) is 3.86. The van der Waals surface area contributed by atoms with Crippen LogP contribution in [0.15, 0.2) is 36.4 Å². The van der Waals surface area contributed by atoms with Gasteiger partial charge in [-0.05, 0) is 24.1 Å². The molecule has 4 nitrogen and oxygen atoms in total. The summed E-state index contributed by atoms with van der Waals surface area (Å²) in [7, 11) is 0. The zero-order valence-electron chi connectivity index (χ0n) is 11.8. The van der Waals surface area contributed by atoms with Crippen LogP contribution < -0.4 is 15.2 Å². The quantitative estimate of drug-likeness (QED) is 0.800. The van der Waals surface area contributed by atoms with Crippen LogP contribution in [0.4, 0.5) is 10.1 Å². The van der Waals surface area contributed by atoms with Gasteiger partial charge in [-0.1, -0.05) is 19.1 Å². The van der Waals surface area contributed by atoms with E-state index in [9.17, 15) is 4.39 Å². The molecular weight excluding hydrogens is 273 g/mol. The summed E-state index contributed by atoms with van der Waals surface area (Å²) in [4.78, 5) is 0. The van der Waals surface area contributed by atoms with Crippen LogP contribution in [0.2, 0.25) is 0 Å². The second-order valence-corrected chi connectivity index (χ2v) is 4.57. The van der Waals surface area contributed by atoms with E-state index < -0.39 is 5.82 Å². The van der Waals surface area contributed by atoms with Crippen molar-refractivity contribution in [1.29, 1.82) is 0 Å². The van der Waals surface area contributed by atoms with Crippen molar-refractivity contribution in [2.45, 2.75) is 20.0 Å². The average Bonchev–Trinajstić information content (AvgIpc) is 2.49. The molecule has 0 aliphatic carbocycles. The van der Waals surface area contributed by atoms with Crippen molar-refractivity contribution >= 4 is 5.69 Å². The molecule has 2 aromatic rings. The highest BCUT2D eigenvalue weighted by Crippen LogP contribution is 2.33. The van der Waals surface area contributed by atoms with Gasteiger partial charge in [0.05, 0.1) is 18.9 Å². The molecule has 0 saturated carbocycles. The largest absolute Gasteiger partial charge is 0.490 e. The lowest BCUT2D eigenvalue weighted by atomic mass is 10.2. The topological polar surface area (TPSA) is 64.7 Å². The van der Waals surface area contributed by atoms with Crippen molar-refractivity contribution in [2.75, 3.05) is 12.3 Å². The Balaban J connectivity index is 2.21. The third-order valence-electron chi connectivity index (χ3n) is 2.86. The number of nitrogen functional groups attached to an aromatic ring is 1. The maximum absolute atomic E-state index is 13.7. The summed E-state index contributed by atoms with van der Waals surface area (Å²) in [5.74, 6) is 0.489.